The van der Waals surface area contributed by atoms with Crippen LogP contribution in [-0.2, 0) is 4.79 Å². The molecular formula is C27H23N7O. The molecule has 1 saturated carbocycles. The van der Waals surface area contributed by atoms with Crippen LogP contribution in [0, 0.1) is 29.6 Å². The molecule has 1 aliphatic carbocycles. The van der Waals surface area contributed by atoms with Gasteiger partial charge in [-0.2, -0.15) is 5.26 Å². The van der Waals surface area contributed by atoms with Gasteiger partial charge in [0.25, 0.3) is 0 Å². The number of rotatable bonds is 4. The first-order valence-electron chi connectivity index (χ1n) is 11.5. The van der Waals surface area contributed by atoms with Gasteiger partial charge >= 0.3 is 0 Å². The number of aryl methyl sites for hydroxylation is 1. The van der Waals surface area contributed by atoms with Crippen molar-refractivity contribution in [2.24, 2.45) is 11.3 Å². The lowest BCUT2D eigenvalue weighted by Crippen LogP contribution is -2.51. The molecule has 1 unspecified atom stereocenters. The van der Waals surface area contributed by atoms with E-state index >= 15 is 0 Å². The standard InChI is InChI=1S/C27H23N7O/c1-16-5-2-3-7-19(16)22-9-18-10-23(31-13-20(18)24(29)32-22)33-26(35)21-11-27(21)14-34(15-27)25-17(12-28)6-4-8-30-25/h2-10,13,21H,11,14-15H2,1H3,(H2,29,32)(H,31,33,35). The molecule has 0 bridgehead atoms. The Bertz CT molecular complexity index is 1530. The summed E-state index contributed by atoms with van der Waals surface area (Å²) in [5, 5.41) is 13.9. The molecule has 1 aliphatic heterocycles. The highest BCUT2D eigenvalue weighted by Gasteiger charge is 2.64. The Morgan fingerprint density at radius 2 is 2.03 bits per heavy atom. The summed E-state index contributed by atoms with van der Waals surface area (Å²) in [5.41, 5.74) is 9.67. The Kier molecular flexibility index (Phi) is 4.68. The largest absolute Gasteiger partial charge is 0.383 e. The van der Waals surface area contributed by atoms with Crippen molar-refractivity contribution in [3.63, 3.8) is 0 Å². The summed E-state index contributed by atoms with van der Waals surface area (Å²) in [6, 6.07) is 17.6. The van der Waals surface area contributed by atoms with E-state index in [1.54, 1.807) is 24.5 Å². The molecule has 8 heteroatoms. The SMILES string of the molecule is Cc1ccccc1-c1cc2cc(NC(=O)C3CC34CN(c3ncccc3C#N)C4)ncc2c(N)n1. The van der Waals surface area contributed by atoms with Gasteiger partial charge in [0.05, 0.1) is 11.3 Å². The summed E-state index contributed by atoms with van der Waals surface area (Å²) in [5.74, 6) is 1.50. The highest BCUT2D eigenvalue weighted by Crippen LogP contribution is 2.59. The fourth-order valence-electron chi connectivity index (χ4n) is 5.12. The molecule has 3 N–H and O–H groups in total. The Labute approximate surface area is 202 Å². The van der Waals surface area contributed by atoms with E-state index in [-0.39, 0.29) is 17.2 Å². The van der Waals surface area contributed by atoms with Crippen molar-refractivity contribution in [2.45, 2.75) is 13.3 Å². The molecule has 1 spiro atoms. The summed E-state index contributed by atoms with van der Waals surface area (Å²) in [7, 11) is 0. The normalized spacial score (nSPS) is 17.6. The minimum absolute atomic E-state index is 0.0285. The maximum Gasteiger partial charge on any atom is 0.229 e. The van der Waals surface area contributed by atoms with Gasteiger partial charge < -0.3 is 16.0 Å². The average molecular weight is 462 g/mol. The number of amides is 1. The number of nitrogens with zero attached hydrogens (tertiary/aromatic N) is 5. The second-order valence-electron chi connectivity index (χ2n) is 9.45. The first-order chi connectivity index (χ1) is 17.0. The van der Waals surface area contributed by atoms with Crippen molar-refractivity contribution in [1.29, 1.82) is 5.26 Å². The average Bonchev–Trinajstić information content (AvgIpc) is 3.60. The summed E-state index contributed by atoms with van der Waals surface area (Å²) in [4.78, 5) is 28.4. The van der Waals surface area contributed by atoms with Gasteiger partial charge in [0, 0.05) is 47.8 Å². The van der Waals surface area contributed by atoms with Gasteiger partial charge in [0.15, 0.2) is 0 Å². The number of hydrogen-bond acceptors (Lipinski definition) is 7. The summed E-state index contributed by atoms with van der Waals surface area (Å²) in [6.45, 7) is 3.49. The van der Waals surface area contributed by atoms with Crippen LogP contribution in [0.25, 0.3) is 22.0 Å². The quantitative estimate of drug-likeness (QED) is 0.472. The zero-order valence-electron chi connectivity index (χ0n) is 19.2. The molecule has 4 aromatic rings. The Hall–Kier alpha value is -4.51. The van der Waals surface area contributed by atoms with Crippen LogP contribution in [-0.4, -0.2) is 33.9 Å². The number of nitrogens with one attached hydrogen (secondary N) is 1. The minimum Gasteiger partial charge on any atom is -0.383 e. The number of benzene rings is 1. The summed E-state index contributed by atoms with van der Waals surface area (Å²) in [6.07, 6.45) is 4.18. The highest BCUT2D eigenvalue weighted by atomic mass is 16.2. The fourth-order valence-corrected chi connectivity index (χ4v) is 5.12. The third-order valence-electron chi connectivity index (χ3n) is 7.14. The van der Waals surface area contributed by atoms with E-state index in [1.807, 2.05) is 43.3 Å². The summed E-state index contributed by atoms with van der Waals surface area (Å²) >= 11 is 0. The number of aromatic nitrogens is 3. The molecule has 1 amide bonds. The van der Waals surface area contributed by atoms with Crippen LogP contribution in [0.5, 0.6) is 0 Å². The zero-order valence-corrected chi connectivity index (χ0v) is 19.2. The second-order valence-corrected chi connectivity index (χ2v) is 9.45. The van der Waals surface area contributed by atoms with Crippen molar-refractivity contribution < 1.29 is 4.79 Å². The van der Waals surface area contributed by atoms with E-state index in [2.05, 4.69) is 31.2 Å². The lowest BCUT2D eigenvalue weighted by molar-refractivity contribution is -0.118. The van der Waals surface area contributed by atoms with Crippen molar-refractivity contribution in [2.75, 3.05) is 29.0 Å². The third kappa shape index (κ3) is 3.53. The molecule has 1 aromatic carbocycles. The molecule has 172 valence electrons. The number of anilines is 3. The fraction of sp³-hybridized carbons (Fsp3) is 0.222. The lowest BCUT2D eigenvalue weighted by Gasteiger charge is -2.41. The molecule has 1 atom stereocenters. The number of carbonyl (C=O) groups is 1. The number of nitrogens with two attached hydrogens (primary N) is 1. The van der Waals surface area contributed by atoms with Crippen LogP contribution in [0.3, 0.4) is 0 Å². The highest BCUT2D eigenvalue weighted by molar-refractivity contribution is 5.99. The number of hydrogen-bond donors (Lipinski definition) is 2. The lowest BCUT2D eigenvalue weighted by atomic mass is 9.92. The Balaban J connectivity index is 1.18. The molecule has 2 fully saturated rings. The van der Waals surface area contributed by atoms with Crippen molar-refractivity contribution >= 4 is 34.1 Å². The van der Waals surface area contributed by atoms with E-state index in [0.29, 0.717) is 23.0 Å². The molecule has 8 nitrogen and oxygen atoms in total. The second kappa shape index (κ2) is 7.77. The van der Waals surface area contributed by atoms with E-state index in [9.17, 15) is 10.1 Å². The van der Waals surface area contributed by atoms with Gasteiger partial charge in [-0.05, 0) is 48.6 Å². The number of carbonyl (C=O) groups excluding carboxylic acids is 1. The Morgan fingerprint density at radius 1 is 1.20 bits per heavy atom. The van der Waals surface area contributed by atoms with Crippen LogP contribution >= 0.6 is 0 Å². The first kappa shape index (κ1) is 21.1. The molecule has 4 heterocycles. The van der Waals surface area contributed by atoms with Crippen LogP contribution in [0.4, 0.5) is 17.5 Å². The number of nitrogen functional groups attached to an aromatic ring is 1. The van der Waals surface area contributed by atoms with Crippen molar-refractivity contribution in [3.05, 3.63) is 72.1 Å². The van der Waals surface area contributed by atoms with Gasteiger partial charge in [0.2, 0.25) is 5.91 Å². The smallest absolute Gasteiger partial charge is 0.229 e. The predicted molar refractivity (Wildman–Crippen MR) is 134 cm³/mol. The van der Waals surface area contributed by atoms with Gasteiger partial charge in [-0.1, -0.05) is 24.3 Å². The van der Waals surface area contributed by atoms with Gasteiger partial charge in [0.1, 0.15) is 23.5 Å². The predicted octanol–water partition coefficient (Wildman–Crippen LogP) is 3.92. The maximum absolute atomic E-state index is 13.0. The topological polar surface area (TPSA) is 121 Å². The molecule has 3 aromatic heterocycles. The molecule has 0 radical (unpaired) electrons. The molecule has 35 heavy (non-hydrogen) atoms. The van der Waals surface area contributed by atoms with Gasteiger partial charge in [-0.15, -0.1) is 0 Å². The van der Waals surface area contributed by atoms with E-state index in [0.717, 1.165) is 47.1 Å². The van der Waals surface area contributed by atoms with E-state index < -0.39 is 0 Å². The van der Waals surface area contributed by atoms with Crippen molar-refractivity contribution in [3.8, 4) is 17.3 Å². The molecule has 6 rings (SSSR count). The monoisotopic (exact) mass is 461 g/mol. The van der Waals surface area contributed by atoms with Crippen LogP contribution < -0.4 is 16.0 Å². The zero-order chi connectivity index (χ0) is 24.2. The van der Waals surface area contributed by atoms with Crippen LogP contribution in [0.1, 0.15) is 17.5 Å². The number of fused-ring (bicyclic) bond motifs is 1. The Morgan fingerprint density at radius 3 is 2.83 bits per heavy atom. The van der Waals surface area contributed by atoms with E-state index in [4.69, 9.17) is 5.73 Å². The molecule has 1 saturated heterocycles. The van der Waals surface area contributed by atoms with Crippen molar-refractivity contribution in [1.82, 2.24) is 15.0 Å². The van der Waals surface area contributed by atoms with Gasteiger partial charge in [-0.25, -0.2) is 15.0 Å². The van der Waals surface area contributed by atoms with E-state index in [1.165, 1.54) is 0 Å². The third-order valence-corrected chi connectivity index (χ3v) is 7.14. The molecule has 2 aliphatic rings. The maximum atomic E-state index is 13.0. The number of pyridine rings is 3. The molecular weight excluding hydrogens is 438 g/mol. The number of nitriles is 1. The van der Waals surface area contributed by atoms with Gasteiger partial charge in [-0.3, -0.25) is 4.79 Å². The van der Waals surface area contributed by atoms with Crippen LogP contribution in [0.15, 0.2) is 60.9 Å². The summed E-state index contributed by atoms with van der Waals surface area (Å²) < 4.78 is 0. The minimum atomic E-state index is -0.0736. The van der Waals surface area contributed by atoms with Crippen LogP contribution in [0.2, 0.25) is 0 Å². The first-order valence-corrected chi connectivity index (χ1v) is 11.5.